The lowest BCUT2D eigenvalue weighted by atomic mass is 9.69. The molecule has 4 heteroatoms. The number of anilines is 1. The molecule has 3 aromatic rings. The SMILES string of the molecule is CC(C)OC(=O)[C@]1(c2ccccc2)c2ccccc2N[C@@H]1c1ccc(F)cc1. The highest BCUT2D eigenvalue weighted by molar-refractivity contribution is 5.94. The van der Waals surface area contributed by atoms with Crippen molar-refractivity contribution in [3.63, 3.8) is 0 Å². The van der Waals surface area contributed by atoms with Crippen molar-refractivity contribution in [3.8, 4) is 0 Å². The predicted octanol–water partition coefficient (Wildman–Crippen LogP) is 5.23. The van der Waals surface area contributed by atoms with Crippen molar-refractivity contribution in [2.45, 2.75) is 31.4 Å². The molecule has 0 aromatic heterocycles. The van der Waals surface area contributed by atoms with Crippen molar-refractivity contribution in [2.75, 3.05) is 5.32 Å². The number of carbonyl (C=O) groups excluding carboxylic acids is 1. The minimum absolute atomic E-state index is 0.255. The van der Waals surface area contributed by atoms with Gasteiger partial charge >= 0.3 is 5.97 Å². The molecule has 0 saturated heterocycles. The molecule has 28 heavy (non-hydrogen) atoms. The summed E-state index contributed by atoms with van der Waals surface area (Å²) in [6.45, 7) is 3.69. The molecule has 0 unspecified atom stereocenters. The number of ether oxygens (including phenoxy) is 1. The molecule has 4 rings (SSSR count). The Kier molecular flexibility index (Phi) is 4.63. The summed E-state index contributed by atoms with van der Waals surface area (Å²) in [6.07, 6.45) is -0.255. The molecule has 0 amide bonds. The van der Waals surface area contributed by atoms with Crippen LogP contribution in [-0.4, -0.2) is 12.1 Å². The lowest BCUT2D eigenvalue weighted by Gasteiger charge is -2.35. The van der Waals surface area contributed by atoms with Crippen LogP contribution in [0.15, 0.2) is 78.9 Å². The standard InChI is InChI=1S/C24H22FNO2/c1-16(2)28-23(27)24(18-8-4-3-5-9-18)20-10-6-7-11-21(20)26-22(24)17-12-14-19(25)15-13-17/h3-16,22,26H,1-2H3/t22-,24-/m1/s1. The van der Waals surface area contributed by atoms with Crippen LogP contribution in [0.3, 0.4) is 0 Å². The third kappa shape index (κ3) is 2.85. The topological polar surface area (TPSA) is 38.3 Å². The second-order valence-electron chi connectivity index (χ2n) is 7.30. The van der Waals surface area contributed by atoms with Crippen LogP contribution in [0.4, 0.5) is 10.1 Å². The molecule has 3 nitrogen and oxygen atoms in total. The first-order valence-electron chi connectivity index (χ1n) is 9.41. The van der Waals surface area contributed by atoms with E-state index >= 15 is 0 Å². The van der Waals surface area contributed by atoms with Gasteiger partial charge in [-0.3, -0.25) is 4.79 Å². The smallest absolute Gasteiger partial charge is 0.323 e. The maximum atomic E-state index is 13.7. The summed E-state index contributed by atoms with van der Waals surface area (Å²) in [4.78, 5) is 13.7. The highest BCUT2D eigenvalue weighted by atomic mass is 19.1. The first-order chi connectivity index (χ1) is 13.5. The minimum atomic E-state index is -1.07. The molecule has 0 radical (unpaired) electrons. The number of halogens is 1. The summed E-state index contributed by atoms with van der Waals surface area (Å²) < 4.78 is 19.3. The molecule has 0 fully saturated rings. The fourth-order valence-corrected chi connectivity index (χ4v) is 4.04. The zero-order valence-electron chi connectivity index (χ0n) is 15.9. The third-order valence-corrected chi connectivity index (χ3v) is 5.18. The Bertz CT molecular complexity index is 985. The molecule has 1 aliphatic rings. The van der Waals surface area contributed by atoms with Crippen LogP contribution in [0.2, 0.25) is 0 Å². The Balaban J connectivity index is 2.00. The van der Waals surface area contributed by atoms with Gasteiger partial charge in [0.05, 0.1) is 12.1 Å². The number of para-hydroxylation sites is 1. The summed E-state index contributed by atoms with van der Waals surface area (Å²) in [6, 6.07) is 23.3. The lowest BCUT2D eigenvalue weighted by molar-refractivity contribution is -0.153. The van der Waals surface area contributed by atoms with E-state index in [0.717, 1.165) is 22.4 Å². The lowest BCUT2D eigenvalue weighted by Crippen LogP contribution is -2.43. The molecule has 0 saturated carbocycles. The largest absolute Gasteiger partial charge is 0.462 e. The molecule has 1 heterocycles. The molecule has 0 bridgehead atoms. The van der Waals surface area contributed by atoms with Gasteiger partial charge in [-0.2, -0.15) is 0 Å². The van der Waals surface area contributed by atoms with Crippen LogP contribution in [0.5, 0.6) is 0 Å². The van der Waals surface area contributed by atoms with E-state index in [2.05, 4.69) is 5.32 Å². The zero-order chi connectivity index (χ0) is 19.7. The van der Waals surface area contributed by atoms with Gasteiger partial charge in [0, 0.05) is 5.69 Å². The summed E-state index contributed by atoms with van der Waals surface area (Å²) in [5.74, 6) is -0.630. The van der Waals surface area contributed by atoms with Gasteiger partial charge in [-0.15, -0.1) is 0 Å². The molecule has 3 aromatic carbocycles. The molecule has 1 N–H and O–H groups in total. The van der Waals surface area contributed by atoms with Gasteiger partial charge in [-0.05, 0) is 48.7 Å². The second-order valence-corrected chi connectivity index (χ2v) is 7.30. The van der Waals surface area contributed by atoms with Crippen LogP contribution in [0, 0.1) is 5.82 Å². The number of hydrogen-bond donors (Lipinski definition) is 1. The molecule has 2 atom stereocenters. The highest BCUT2D eigenvalue weighted by Gasteiger charge is 2.56. The summed E-state index contributed by atoms with van der Waals surface area (Å²) in [7, 11) is 0. The number of rotatable bonds is 4. The second kappa shape index (κ2) is 7.12. The maximum Gasteiger partial charge on any atom is 0.323 e. The van der Waals surface area contributed by atoms with Gasteiger partial charge in [0.1, 0.15) is 11.2 Å². The van der Waals surface area contributed by atoms with E-state index in [9.17, 15) is 9.18 Å². The van der Waals surface area contributed by atoms with Gasteiger partial charge in [-0.1, -0.05) is 60.7 Å². The van der Waals surface area contributed by atoms with Crippen molar-refractivity contribution in [1.82, 2.24) is 0 Å². The molecule has 0 spiro atoms. The van der Waals surface area contributed by atoms with Gasteiger partial charge in [0.15, 0.2) is 0 Å². The summed E-state index contributed by atoms with van der Waals surface area (Å²) in [5, 5.41) is 3.49. The van der Waals surface area contributed by atoms with E-state index in [-0.39, 0.29) is 17.9 Å². The van der Waals surface area contributed by atoms with Gasteiger partial charge in [-0.25, -0.2) is 4.39 Å². The Morgan fingerprint density at radius 1 is 0.964 bits per heavy atom. The summed E-state index contributed by atoms with van der Waals surface area (Å²) in [5.41, 5.74) is 2.33. The number of benzene rings is 3. The Morgan fingerprint density at radius 2 is 1.61 bits per heavy atom. The van der Waals surface area contributed by atoms with Crippen LogP contribution in [-0.2, 0) is 14.9 Å². The molecular weight excluding hydrogens is 353 g/mol. The quantitative estimate of drug-likeness (QED) is 0.635. The van der Waals surface area contributed by atoms with Crippen molar-refractivity contribution in [3.05, 3.63) is 101 Å². The van der Waals surface area contributed by atoms with Crippen molar-refractivity contribution in [1.29, 1.82) is 0 Å². The fraction of sp³-hybridized carbons (Fsp3) is 0.208. The van der Waals surface area contributed by atoms with Gasteiger partial charge in [0.2, 0.25) is 0 Å². The average molecular weight is 375 g/mol. The molecule has 142 valence electrons. The van der Waals surface area contributed by atoms with E-state index in [1.165, 1.54) is 12.1 Å². The number of esters is 1. The van der Waals surface area contributed by atoms with Crippen LogP contribution < -0.4 is 5.32 Å². The van der Waals surface area contributed by atoms with Crippen LogP contribution in [0.25, 0.3) is 0 Å². The van der Waals surface area contributed by atoms with Gasteiger partial charge < -0.3 is 10.1 Å². The normalized spacial score (nSPS) is 20.5. The first-order valence-corrected chi connectivity index (χ1v) is 9.41. The highest BCUT2D eigenvalue weighted by Crippen LogP contribution is 2.53. The molecule has 0 aliphatic carbocycles. The van der Waals surface area contributed by atoms with Crippen LogP contribution in [0.1, 0.15) is 36.6 Å². The van der Waals surface area contributed by atoms with Crippen molar-refractivity contribution in [2.24, 2.45) is 0 Å². The van der Waals surface area contributed by atoms with E-state index < -0.39 is 11.5 Å². The number of nitrogens with one attached hydrogen (secondary N) is 1. The first kappa shape index (κ1) is 18.2. The van der Waals surface area contributed by atoms with E-state index in [1.54, 1.807) is 12.1 Å². The van der Waals surface area contributed by atoms with E-state index in [4.69, 9.17) is 4.74 Å². The number of fused-ring (bicyclic) bond motifs is 1. The van der Waals surface area contributed by atoms with Crippen molar-refractivity contribution >= 4 is 11.7 Å². The predicted molar refractivity (Wildman–Crippen MR) is 108 cm³/mol. The monoisotopic (exact) mass is 375 g/mol. The minimum Gasteiger partial charge on any atom is -0.462 e. The Morgan fingerprint density at radius 3 is 2.29 bits per heavy atom. The summed E-state index contributed by atoms with van der Waals surface area (Å²) >= 11 is 0. The van der Waals surface area contributed by atoms with Crippen molar-refractivity contribution < 1.29 is 13.9 Å². The Labute approximate surface area is 164 Å². The Hall–Kier alpha value is -3.14. The fourth-order valence-electron chi connectivity index (χ4n) is 4.04. The zero-order valence-corrected chi connectivity index (χ0v) is 15.9. The number of hydrogen-bond acceptors (Lipinski definition) is 3. The van der Waals surface area contributed by atoms with Crippen LogP contribution >= 0.6 is 0 Å². The van der Waals surface area contributed by atoms with Gasteiger partial charge in [0.25, 0.3) is 0 Å². The maximum absolute atomic E-state index is 13.7. The molecular formula is C24H22FNO2. The molecule has 1 aliphatic heterocycles. The van der Waals surface area contributed by atoms with E-state index in [0.29, 0.717) is 0 Å². The number of carbonyl (C=O) groups is 1. The van der Waals surface area contributed by atoms with E-state index in [1.807, 2.05) is 68.4 Å². The average Bonchev–Trinajstić information content (AvgIpc) is 3.05. The third-order valence-electron chi connectivity index (χ3n) is 5.18.